The molecular formula is C10H9F3N2O2. The molecule has 1 aliphatic rings. The number of carbonyl (C=O) groups is 1. The zero-order valence-corrected chi connectivity index (χ0v) is 8.66. The summed E-state index contributed by atoms with van der Waals surface area (Å²) < 4.78 is 36.5. The van der Waals surface area contributed by atoms with E-state index in [1.807, 2.05) is 0 Å². The molecule has 1 aliphatic carbocycles. The monoisotopic (exact) mass is 246 g/mol. The summed E-state index contributed by atoms with van der Waals surface area (Å²) in [7, 11) is 0. The highest BCUT2D eigenvalue weighted by Gasteiger charge is 2.33. The van der Waals surface area contributed by atoms with Crippen molar-refractivity contribution in [1.29, 1.82) is 0 Å². The molecule has 0 aliphatic heterocycles. The summed E-state index contributed by atoms with van der Waals surface area (Å²) in [4.78, 5) is 18.0. The molecule has 1 aromatic heterocycles. The lowest BCUT2D eigenvalue weighted by Crippen LogP contribution is -2.16. The Balaban J connectivity index is 2.32. The second-order valence-corrected chi connectivity index (χ2v) is 3.96. The standard InChI is InChI=1S/C10H9F3N2O2/c11-10(12,13)3-7-14-4-6(9(16)17)8(15-7)5-1-2-5/h4-5H,1-3H2,(H,16,17). The lowest BCUT2D eigenvalue weighted by atomic mass is 10.1. The molecule has 7 heteroatoms. The maximum Gasteiger partial charge on any atom is 0.396 e. The molecule has 2 rings (SSSR count). The number of carboxylic acid groups (broad SMARTS) is 1. The first-order chi connectivity index (χ1) is 7.87. The molecular weight excluding hydrogens is 237 g/mol. The molecule has 0 atom stereocenters. The largest absolute Gasteiger partial charge is 0.478 e. The van der Waals surface area contributed by atoms with E-state index in [4.69, 9.17) is 5.11 Å². The summed E-state index contributed by atoms with van der Waals surface area (Å²) in [5.41, 5.74) is 0.130. The fourth-order valence-electron chi connectivity index (χ4n) is 1.53. The minimum atomic E-state index is -4.38. The molecule has 0 aromatic carbocycles. The number of halogens is 3. The van der Waals surface area contributed by atoms with Crippen molar-refractivity contribution in [1.82, 2.24) is 9.97 Å². The number of hydrogen-bond donors (Lipinski definition) is 1. The van der Waals surface area contributed by atoms with Crippen LogP contribution in [0.25, 0.3) is 0 Å². The predicted octanol–water partition coefficient (Wildman–Crippen LogP) is 2.16. The van der Waals surface area contributed by atoms with Crippen molar-refractivity contribution in [3.63, 3.8) is 0 Å². The lowest BCUT2D eigenvalue weighted by molar-refractivity contribution is -0.128. The van der Waals surface area contributed by atoms with Gasteiger partial charge >= 0.3 is 12.1 Å². The van der Waals surface area contributed by atoms with Gasteiger partial charge in [0, 0.05) is 12.1 Å². The summed E-state index contributed by atoms with van der Waals surface area (Å²) >= 11 is 0. The minimum Gasteiger partial charge on any atom is -0.478 e. The fourth-order valence-corrected chi connectivity index (χ4v) is 1.53. The summed E-state index contributed by atoms with van der Waals surface area (Å²) in [6.45, 7) is 0. The third-order valence-corrected chi connectivity index (χ3v) is 2.42. The second kappa shape index (κ2) is 3.97. The molecule has 1 heterocycles. The number of carboxylic acids is 1. The first-order valence-corrected chi connectivity index (χ1v) is 5.02. The van der Waals surface area contributed by atoms with Gasteiger partial charge in [0.05, 0.1) is 11.3 Å². The van der Waals surface area contributed by atoms with Crippen molar-refractivity contribution >= 4 is 5.97 Å². The highest BCUT2D eigenvalue weighted by Crippen LogP contribution is 2.40. The van der Waals surface area contributed by atoms with E-state index in [9.17, 15) is 18.0 Å². The van der Waals surface area contributed by atoms with Crippen LogP contribution in [-0.2, 0) is 6.42 Å². The number of rotatable bonds is 3. The highest BCUT2D eigenvalue weighted by molar-refractivity contribution is 5.88. The summed E-state index contributed by atoms with van der Waals surface area (Å²) in [5, 5.41) is 8.86. The van der Waals surface area contributed by atoms with E-state index in [0.717, 1.165) is 19.0 Å². The van der Waals surface area contributed by atoms with Crippen LogP contribution in [-0.4, -0.2) is 27.2 Å². The fraction of sp³-hybridized carbons (Fsp3) is 0.500. The quantitative estimate of drug-likeness (QED) is 0.887. The molecule has 0 bridgehead atoms. The van der Waals surface area contributed by atoms with Crippen LogP contribution in [0.15, 0.2) is 6.20 Å². The van der Waals surface area contributed by atoms with Crippen LogP contribution in [0.3, 0.4) is 0 Å². The molecule has 0 radical (unpaired) electrons. The van der Waals surface area contributed by atoms with Crippen molar-refractivity contribution in [3.8, 4) is 0 Å². The van der Waals surface area contributed by atoms with Crippen LogP contribution < -0.4 is 0 Å². The lowest BCUT2D eigenvalue weighted by Gasteiger charge is -2.08. The third-order valence-electron chi connectivity index (χ3n) is 2.42. The Labute approximate surface area is 94.5 Å². The molecule has 0 saturated heterocycles. The molecule has 1 N–H and O–H groups in total. The minimum absolute atomic E-state index is 0.0314. The first kappa shape index (κ1) is 11.8. The van der Waals surface area contributed by atoms with Gasteiger partial charge in [0.15, 0.2) is 0 Å². The SMILES string of the molecule is O=C(O)c1cnc(CC(F)(F)F)nc1C1CC1. The Hall–Kier alpha value is -1.66. The van der Waals surface area contributed by atoms with Gasteiger partial charge in [0.25, 0.3) is 0 Å². The predicted molar refractivity (Wildman–Crippen MR) is 50.7 cm³/mol. The molecule has 0 spiro atoms. The smallest absolute Gasteiger partial charge is 0.396 e. The van der Waals surface area contributed by atoms with E-state index in [1.54, 1.807) is 0 Å². The molecule has 92 valence electrons. The number of aromatic nitrogens is 2. The molecule has 17 heavy (non-hydrogen) atoms. The normalized spacial score (nSPS) is 15.9. The number of hydrogen-bond acceptors (Lipinski definition) is 3. The van der Waals surface area contributed by atoms with Crippen LogP contribution in [0.4, 0.5) is 13.2 Å². The molecule has 1 aromatic rings. The van der Waals surface area contributed by atoms with E-state index in [-0.39, 0.29) is 23.0 Å². The summed E-state index contributed by atoms with van der Waals surface area (Å²) in [6, 6.07) is 0. The maximum atomic E-state index is 12.2. The van der Waals surface area contributed by atoms with Crippen LogP contribution in [0.1, 0.15) is 40.6 Å². The molecule has 4 nitrogen and oxygen atoms in total. The van der Waals surface area contributed by atoms with Crippen molar-refractivity contribution in [2.24, 2.45) is 0 Å². The van der Waals surface area contributed by atoms with Gasteiger partial charge in [-0.15, -0.1) is 0 Å². The Morgan fingerprint density at radius 2 is 2.12 bits per heavy atom. The average molecular weight is 246 g/mol. The van der Waals surface area contributed by atoms with Gasteiger partial charge in [-0.05, 0) is 12.8 Å². The zero-order valence-electron chi connectivity index (χ0n) is 8.66. The van der Waals surface area contributed by atoms with Crippen LogP contribution in [0.5, 0.6) is 0 Å². The van der Waals surface area contributed by atoms with Gasteiger partial charge in [-0.2, -0.15) is 13.2 Å². The van der Waals surface area contributed by atoms with Crippen LogP contribution >= 0.6 is 0 Å². The van der Waals surface area contributed by atoms with Crippen molar-refractivity contribution < 1.29 is 23.1 Å². The van der Waals surface area contributed by atoms with Crippen LogP contribution in [0.2, 0.25) is 0 Å². The molecule has 1 fully saturated rings. The van der Waals surface area contributed by atoms with Gasteiger partial charge < -0.3 is 5.11 Å². The Kier molecular flexibility index (Phi) is 2.76. The Bertz CT molecular complexity index is 455. The first-order valence-electron chi connectivity index (χ1n) is 5.02. The van der Waals surface area contributed by atoms with Crippen molar-refractivity contribution in [3.05, 3.63) is 23.3 Å². The second-order valence-electron chi connectivity index (χ2n) is 3.96. The van der Waals surface area contributed by atoms with Gasteiger partial charge in [-0.1, -0.05) is 0 Å². The van der Waals surface area contributed by atoms with E-state index >= 15 is 0 Å². The summed E-state index contributed by atoms with van der Waals surface area (Å²) in [5.74, 6) is -1.61. The zero-order chi connectivity index (χ0) is 12.6. The number of nitrogens with zero attached hydrogens (tertiary/aromatic N) is 2. The maximum absolute atomic E-state index is 12.2. The van der Waals surface area contributed by atoms with Crippen LogP contribution in [0, 0.1) is 0 Å². The van der Waals surface area contributed by atoms with E-state index in [2.05, 4.69) is 9.97 Å². The number of alkyl halides is 3. The van der Waals surface area contributed by atoms with Crippen molar-refractivity contribution in [2.45, 2.75) is 31.4 Å². The Morgan fingerprint density at radius 3 is 2.59 bits per heavy atom. The average Bonchev–Trinajstić information content (AvgIpc) is 2.97. The Morgan fingerprint density at radius 1 is 1.47 bits per heavy atom. The molecule has 0 amide bonds. The van der Waals surface area contributed by atoms with Gasteiger partial charge in [0.1, 0.15) is 12.2 Å². The third kappa shape index (κ3) is 2.92. The highest BCUT2D eigenvalue weighted by atomic mass is 19.4. The van der Waals surface area contributed by atoms with E-state index in [0.29, 0.717) is 0 Å². The van der Waals surface area contributed by atoms with Gasteiger partial charge in [-0.25, -0.2) is 14.8 Å². The topological polar surface area (TPSA) is 63.1 Å². The van der Waals surface area contributed by atoms with E-state index < -0.39 is 18.6 Å². The van der Waals surface area contributed by atoms with Gasteiger partial charge in [0.2, 0.25) is 0 Å². The molecule has 1 saturated carbocycles. The van der Waals surface area contributed by atoms with E-state index in [1.165, 1.54) is 0 Å². The summed E-state index contributed by atoms with van der Waals surface area (Å²) in [6.07, 6.45) is -3.12. The number of aromatic carboxylic acids is 1. The molecule has 0 unspecified atom stereocenters. The van der Waals surface area contributed by atoms with Gasteiger partial charge in [-0.3, -0.25) is 0 Å². The van der Waals surface area contributed by atoms with Crippen molar-refractivity contribution in [2.75, 3.05) is 0 Å².